The SMILES string of the molecule is O=C1NC(=O)/C(=C\c2ccnc(NC3CCC(NCc4ccc(F)cc4-c4ccoc4)CC3)n2)S1. The van der Waals surface area contributed by atoms with E-state index < -0.39 is 5.91 Å². The number of aromatic nitrogens is 2. The van der Waals surface area contributed by atoms with E-state index in [1.54, 1.807) is 36.9 Å². The first-order valence-corrected chi connectivity index (χ1v) is 12.2. The molecule has 3 N–H and O–H groups in total. The smallest absolute Gasteiger partial charge is 0.290 e. The van der Waals surface area contributed by atoms with Crippen LogP contribution in [-0.2, 0) is 11.3 Å². The van der Waals surface area contributed by atoms with Crippen molar-refractivity contribution in [1.29, 1.82) is 0 Å². The molecule has 0 radical (unpaired) electrons. The third-order valence-electron chi connectivity index (χ3n) is 6.14. The van der Waals surface area contributed by atoms with Crippen LogP contribution in [0.3, 0.4) is 0 Å². The van der Waals surface area contributed by atoms with Crippen molar-refractivity contribution in [3.8, 4) is 11.1 Å². The largest absolute Gasteiger partial charge is 0.472 e. The quantitative estimate of drug-likeness (QED) is 0.406. The molecule has 1 aliphatic carbocycles. The van der Waals surface area contributed by atoms with Crippen molar-refractivity contribution in [3.05, 3.63) is 71.0 Å². The number of hydrogen-bond acceptors (Lipinski definition) is 8. The lowest BCUT2D eigenvalue weighted by Crippen LogP contribution is -2.37. The molecular formula is C25H24FN5O3S. The second-order valence-corrected chi connectivity index (χ2v) is 9.56. The first kappa shape index (κ1) is 23.3. The Bertz CT molecular complexity index is 1260. The molecule has 5 rings (SSSR count). The molecule has 2 amide bonds. The van der Waals surface area contributed by atoms with Crippen LogP contribution in [0.4, 0.5) is 15.1 Å². The Labute approximate surface area is 205 Å². The van der Waals surface area contributed by atoms with Gasteiger partial charge in [-0.1, -0.05) is 6.07 Å². The maximum Gasteiger partial charge on any atom is 0.290 e. The highest BCUT2D eigenvalue weighted by Gasteiger charge is 2.25. The van der Waals surface area contributed by atoms with Gasteiger partial charge < -0.3 is 15.1 Å². The van der Waals surface area contributed by atoms with Crippen LogP contribution in [0.25, 0.3) is 17.2 Å². The lowest BCUT2D eigenvalue weighted by molar-refractivity contribution is -0.115. The summed E-state index contributed by atoms with van der Waals surface area (Å²) in [6, 6.07) is 8.99. The molecule has 1 saturated heterocycles. The predicted octanol–water partition coefficient (Wildman–Crippen LogP) is 4.71. The Kier molecular flexibility index (Phi) is 6.91. The van der Waals surface area contributed by atoms with E-state index in [1.807, 2.05) is 12.1 Å². The van der Waals surface area contributed by atoms with Crippen molar-refractivity contribution in [1.82, 2.24) is 20.6 Å². The van der Waals surface area contributed by atoms with Gasteiger partial charge in [0.15, 0.2) is 0 Å². The number of carbonyl (C=O) groups excluding carboxylic acids is 2. The van der Waals surface area contributed by atoms with E-state index >= 15 is 0 Å². The molecule has 0 spiro atoms. The number of nitrogens with zero attached hydrogens (tertiary/aromatic N) is 2. The highest BCUT2D eigenvalue weighted by Crippen LogP contribution is 2.27. The maximum absolute atomic E-state index is 13.8. The monoisotopic (exact) mass is 493 g/mol. The van der Waals surface area contributed by atoms with Crippen LogP contribution in [0.2, 0.25) is 0 Å². The molecule has 0 unspecified atom stereocenters. The van der Waals surface area contributed by atoms with Gasteiger partial charge in [-0.3, -0.25) is 14.9 Å². The predicted molar refractivity (Wildman–Crippen MR) is 132 cm³/mol. The van der Waals surface area contributed by atoms with Crippen LogP contribution in [0.15, 0.2) is 58.4 Å². The summed E-state index contributed by atoms with van der Waals surface area (Å²) in [5.74, 6) is -0.171. The van der Waals surface area contributed by atoms with Gasteiger partial charge in [-0.05, 0) is 78.9 Å². The standard InChI is InChI=1S/C25H24FN5O3S/c26-17-2-1-15(21(11-17)16-8-10-34-14-16)13-28-18-3-5-19(6-4-18)29-24-27-9-7-20(30-24)12-22-23(32)31-25(33)35-22/h1-2,7-12,14,18-19,28H,3-6,13H2,(H,27,29,30)(H,31,32,33)/b22-12+. The van der Waals surface area contributed by atoms with Crippen LogP contribution in [0.1, 0.15) is 36.9 Å². The third-order valence-corrected chi connectivity index (χ3v) is 6.95. The number of rotatable bonds is 7. The van der Waals surface area contributed by atoms with Crippen molar-refractivity contribution >= 4 is 34.9 Å². The zero-order valence-electron chi connectivity index (χ0n) is 18.8. The van der Waals surface area contributed by atoms with E-state index in [0.29, 0.717) is 29.1 Å². The van der Waals surface area contributed by atoms with E-state index in [2.05, 4.69) is 25.9 Å². The molecule has 8 nitrogen and oxygen atoms in total. The number of thioether (sulfide) groups is 1. The molecule has 1 aliphatic heterocycles. The minimum absolute atomic E-state index is 0.244. The van der Waals surface area contributed by atoms with Crippen LogP contribution >= 0.6 is 11.8 Å². The third kappa shape index (κ3) is 5.77. The summed E-state index contributed by atoms with van der Waals surface area (Å²) in [6.07, 6.45) is 10.3. The summed E-state index contributed by atoms with van der Waals surface area (Å²) in [5.41, 5.74) is 3.30. The van der Waals surface area contributed by atoms with Crippen molar-refractivity contribution in [3.63, 3.8) is 0 Å². The number of carbonyl (C=O) groups is 2. The maximum atomic E-state index is 13.8. The minimum Gasteiger partial charge on any atom is -0.472 e. The fourth-order valence-corrected chi connectivity index (χ4v) is 5.01. The number of hydrogen-bond donors (Lipinski definition) is 3. The van der Waals surface area contributed by atoms with Gasteiger partial charge in [0.1, 0.15) is 5.82 Å². The van der Waals surface area contributed by atoms with Crippen molar-refractivity contribution < 1.29 is 18.4 Å². The summed E-state index contributed by atoms with van der Waals surface area (Å²) in [6.45, 7) is 0.650. The zero-order chi connectivity index (χ0) is 24.2. The first-order valence-electron chi connectivity index (χ1n) is 11.4. The van der Waals surface area contributed by atoms with Crippen molar-refractivity contribution in [2.75, 3.05) is 5.32 Å². The number of benzene rings is 1. The minimum atomic E-state index is -0.406. The number of nitrogens with one attached hydrogen (secondary N) is 3. The molecule has 1 aromatic carbocycles. The summed E-state index contributed by atoms with van der Waals surface area (Å²) < 4.78 is 19.0. The van der Waals surface area contributed by atoms with Crippen LogP contribution in [0.5, 0.6) is 0 Å². The average molecular weight is 494 g/mol. The number of amides is 2. The van der Waals surface area contributed by atoms with Gasteiger partial charge in [0.05, 0.1) is 23.1 Å². The highest BCUT2D eigenvalue weighted by molar-refractivity contribution is 8.18. The van der Waals surface area contributed by atoms with E-state index in [4.69, 9.17) is 4.42 Å². The molecule has 3 heterocycles. The van der Waals surface area contributed by atoms with Gasteiger partial charge in [0.25, 0.3) is 11.1 Å². The lowest BCUT2D eigenvalue weighted by atomic mass is 9.91. The topological polar surface area (TPSA) is 109 Å². The van der Waals surface area contributed by atoms with E-state index in [0.717, 1.165) is 54.1 Å². The fraction of sp³-hybridized carbons (Fsp3) is 0.280. The number of furan rings is 1. The second-order valence-electron chi connectivity index (χ2n) is 8.54. The Morgan fingerprint density at radius 2 is 1.97 bits per heavy atom. The Morgan fingerprint density at radius 1 is 1.14 bits per heavy atom. The fourth-order valence-electron chi connectivity index (χ4n) is 4.35. The van der Waals surface area contributed by atoms with Crippen LogP contribution in [0, 0.1) is 5.82 Å². The summed E-state index contributed by atoms with van der Waals surface area (Å²) in [7, 11) is 0. The Balaban J connectivity index is 1.14. The zero-order valence-corrected chi connectivity index (χ0v) is 19.6. The van der Waals surface area contributed by atoms with Crippen molar-refractivity contribution in [2.45, 2.75) is 44.3 Å². The average Bonchev–Trinajstić information content (AvgIpc) is 3.49. The molecule has 3 aromatic rings. The first-order chi connectivity index (χ1) is 17.0. The molecule has 10 heteroatoms. The highest BCUT2D eigenvalue weighted by atomic mass is 32.2. The van der Waals surface area contributed by atoms with Gasteiger partial charge in [0, 0.05) is 30.4 Å². The molecule has 0 bridgehead atoms. The molecular weight excluding hydrogens is 469 g/mol. The molecule has 2 aliphatic rings. The van der Waals surface area contributed by atoms with Crippen molar-refractivity contribution in [2.24, 2.45) is 0 Å². The molecule has 35 heavy (non-hydrogen) atoms. The van der Waals surface area contributed by atoms with Gasteiger partial charge in [-0.15, -0.1) is 0 Å². The molecule has 1 saturated carbocycles. The van der Waals surface area contributed by atoms with Gasteiger partial charge in [0.2, 0.25) is 5.95 Å². The van der Waals surface area contributed by atoms with Gasteiger partial charge >= 0.3 is 0 Å². The molecule has 0 atom stereocenters. The Morgan fingerprint density at radius 3 is 2.71 bits per heavy atom. The molecule has 180 valence electrons. The van der Waals surface area contributed by atoms with Gasteiger partial charge in [-0.25, -0.2) is 14.4 Å². The Hall–Kier alpha value is -3.50. The number of imide groups is 1. The summed E-state index contributed by atoms with van der Waals surface area (Å²) >= 11 is 0.864. The lowest BCUT2D eigenvalue weighted by Gasteiger charge is -2.30. The summed E-state index contributed by atoms with van der Waals surface area (Å²) in [5, 5.41) is 8.86. The number of anilines is 1. The van der Waals surface area contributed by atoms with Crippen LogP contribution < -0.4 is 16.0 Å². The van der Waals surface area contributed by atoms with E-state index in [-0.39, 0.29) is 17.1 Å². The second kappa shape index (κ2) is 10.4. The molecule has 2 fully saturated rings. The summed E-state index contributed by atoms with van der Waals surface area (Å²) in [4.78, 5) is 32.2. The van der Waals surface area contributed by atoms with Gasteiger partial charge in [-0.2, -0.15) is 0 Å². The normalized spacial score (nSPS) is 21.3. The van der Waals surface area contributed by atoms with E-state index in [9.17, 15) is 14.0 Å². The number of halogens is 1. The van der Waals surface area contributed by atoms with Crippen LogP contribution in [-0.4, -0.2) is 33.2 Å². The molecule has 2 aromatic heterocycles. The van der Waals surface area contributed by atoms with E-state index in [1.165, 1.54) is 6.07 Å².